The molecule has 7 heteroatoms. The summed E-state index contributed by atoms with van der Waals surface area (Å²) in [6.45, 7) is 1.76. The molecule has 2 rings (SSSR count). The summed E-state index contributed by atoms with van der Waals surface area (Å²) in [6, 6.07) is 0. The van der Waals surface area contributed by atoms with Crippen LogP contribution >= 0.6 is 0 Å². The van der Waals surface area contributed by atoms with Crippen LogP contribution in [0.2, 0.25) is 0 Å². The molecule has 0 aromatic carbocycles. The van der Waals surface area contributed by atoms with Crippen LogP contribution in [0.25, 0.3) is 0 Å². The third kappa shape index (κ3) is 4.54. The first kappa shape index (κ1) is 23.1. The van der Waals surface area contributed by atoms with Crippen molar-refractivity contribution in [1.29, 1.82) is 0 Å². The number of carbonyl (C=O) groups is 4. The van der Waals surface area contributed by atoms with Gasteiger partial charge < -0.3 is 14.2 Å². The normalized spacial score (nSPS) is 26.0. The maximum atomic E-state index is 13.4. The molecule has 0 radical (unpaired) electrons. The summed E-state index contributed by atoms with van der Waals surface area (Å²) in [7, 11) is 2.40. The molecule has 0 bridgehead atoms. The van der Waals surface area contributed by atoms with Crippen molar-refractivity contribution in [3.8, 4) is 0 Å². The molecule has 0 aromatic rings. The van der Waals surface area contributed by atoms with Gasteiger partial charge in [0, 0.05) is 6.42 Å². The van der Waals surface area contributed by atoms with Crippen LogP contribution in [0.1, 0.15) is 71.1 Å². The summed E-state index contributed by atoms with van der Waals surface area (Å²) >= 11 is 0. The summed E-state index contributed by atoms with van der Waals surface area (Å²) < 4.78 is 14.9. The van der Waals surface area contributed by atoms with Gasteiger partial charge in [-0.3, -0.25) is 9.59 Å². The number of carbonyl (C=O) groups excluding carboxylic acids is 4. The van der Waals surface area contributed by atoms with Crippen molar-refractivity contribution in [1.82, 2.24) is 0 Å². The highest BCUT2D eigenvalue weighted by Crippen LogP contribution is 2.57. The van der Waals surface area contributed by atoms with E-state index in [-0.39, 0.29) is 30.0 Å². The van der Waals surface area contributed by atoms with Crippen molar-refractivity contribution in [2.24, 2.45) is 11.3 Å². The fourth-order valence-electron chi connectivity index (χ4n) is 4.64. The quantitative estimate of drug-likeness (QED) is 0.520. The van der Waals surface area contributed by atoms with Gasteiger partial charge in [0.1, 0.15) is 11.7 Å². The van der Waals surface area contributed by atoms with Crippen LogP contribution in [0, 0.1) is 11.3 Å². The Hall–Kier alpha value is -2.18. The molecule has 0 N–H and O–H groups in total. The Bertz CT molecular complexity index is 679. The number of methoxy groups -OCH3 is 2. The molecule has 162 valence electrons. The summed E-state index contributed by atoms with van der Waals surface area (Å²) in [5.41, 5.74) is -1.48. The van der Waals surface area contributed by atoms with E-state index in [9.17, 15) is 19.2 Å². The van der Waals surface area contributed by atoms with E-state index in [4.69, 9.17) is 14.2 Å². The first-order valence-electron chi connectivity index (χ1n) is 10.6. The molecular weight excluding hydrogens is 376 g/mol. The van der Waals surface area contributed by atoms with E-state index in [1.807, 2.05) is 0 Å². The number of esters is 3. The molecular formula is C22H32O7. The number of ketones is 1. The second-order valence-corrected chi connectivity index (χ2v) is 7.68. The van der Waals surface area contributed by atoms with Gasteiger partial charge in [0.05, 0.1) is 37.4 Å². The Morgan fingerprint density at radius 1 is 0.897 bits per heavy atom. The highest BCUT2D eigenvalue weighted by Gasteiger charge is 2.65. The van der Waals surface area contributed by atoms with E-state index in [0.29, 0.717) is 19.3 Å². The zero-order valence-corrected chi connectivity index (χ0v) is 17.7. The van der Waals surface area contributed by atoms with Crippen LogP contribution in [-0.4, -0.2) is 44.5 Å². The summed E-state index contributed by atoms with van der Waals surface area (Å²) in [5.74, 6) is -3.54. The number of rotatable bonds is 4. The van der Waals surface area contributed by atoms with Gasteiger partial charge in [-0.1, -0.05) is 44.9 Å². The van der Waals surface area contributed by atoms with Crippen LogP contribution in [-0.2, 0) is 33.4 Å². The minimum absolute atomic E-state index is 0.0105. The van der Waals surface area contributed by atoms with E-state index >= 15 is 0 Å². The van der Waals surface area contributed by atoms with Gasteiger partial charge in [-0.15, -0.1) is 0 Å². The minimum atomic E-state index is -1.37. The lowest BCUT2D eigenvalue weighted by Crippen LogP contribution is -2.57. The van der Waals surface area contributed by atoms with Crippen LogP contribution < -0.4 is 0 Å². The molecule has 0 heterocycles. The molecule has 2 atom stereocenters. The fourth-order valence-corrected chi connectivity index (χ4v) is 4.64. The molecule has 1 saturated carbocycles. The molecule has 0 aromatic heterocycles. The van der Waals surface area contributed by atoms with E-state index in [0.717, 1.165) is 38.5 Å². The second kappa shape index (κ2) is 10.6. The molecule has 7 nitrogen and oxygen atoms in total. The minimum Gasteiger partial charge on any atom is -0.469 e. The molecule has 2 aliphatic carbocycles. The average molecular weight is 408 g/mol. The largest absolute Gasteiger partial charge is 0.469 e. The van der Waals surface area contributed by atoms with E-state index in [1.165, 1.54) is 14.2 Å². The van der Waals surface area contributed by atoms with Gasteiger partial charge in [0.2, 0.25) is 0 Å². The molecule has 0 unspecified atom stereocenters. The predicted molar refractivity (Wildman–Crippen MR) is 105 cm³/mol. The Labute approximate surface area is 172 Å². The van der Waals surface area contributed by atoms with Gasteiger partial charge >= 0.3 is 17.9 Å². The summed E-state index contributed by atoms with van der Waals surface area (Å²) in [4.78, 5) is 51.4. The topological polar surface area (TPSA) is 96.0 Å². The number of hydrogen-bond acceptors (Lipinski definition) is 7. The fraction of sp³-hybridized carbons (Fsp3) is 0.727. The first-order valence-corrected chi connectivity index (χ1v) is 10.6. The lowest BCUT2D eigenvalue weighted by Gasteiger charge is -2.48. The molecule has 0 aliphatic heterocycles. The third-order valence-electron chi connectivity index (χ3n) is 6.04. The lowest BCUT2D eigenvalue weighted by atomic mass is 9.51. The molecule has 0 saturated heterocycles. The predicted octanol–water partition coefficient (Wildman–Crippen LogP) is 3.29. The third-order valence-corrected chi connectivity index (χ3v) is 6.04. The van der Waals surface area contributed by atoms with Crippen molar-refractivity contribution in [3.05, 3.63) is 11.1 Å². The van der Waals surface area contributed by atoms with Gasteiger partial charge in [0.15, 0.2) is 0 Å². The Kier molecular flexibility index (Phi) is 8.41. The Morgan fingerprint density at radius 2 is 1.48 bits per heavy atom. The van der Waals surface area contributed by atoms with Gasteiger partial charge in [-0.05, 0) is 19.8 Å². The summed E-state index contributed by atoms with van der Waals surface area (Å²) in [6.07, 6.45) is 8.16. The van der Waals surface area contributed by atoms with Gasteiger partial charge in [-0.25, -0.2) is 9.59 Å². The van der Waals surface area contributed by atoms with E-state index in [2.05, 4.69) is 0 Å². The molecule has 0 amide bonds. The van der Waals surface area contributed by atoms with Gasteiger partial charge in [-0.2, -0.15) is 0 Å². The average Bonchev–Trinajstić information content (AvgIpc) is 2.69. The number of Topliss-reactive ketones (excluding diaryl/α,β-unsaturated/α-hetero) is 1. The number of hydrogen-bond donors (Lipinski definition) is 0. The van der Waals surface area contributed by atoms with Crippen molar-refractivity contribution in [3.63, 3.8) is 0 Å². The molecule has 1 spiro atoms. The van der Waals surface area contributed by atoms with Crippen LogP contribution in [0.3, 0.4) is 0 Å². The van der Waals surface area contributed by atoms with Crippen LogP contribution in [0.4, 0.5) is 0 Å². The number of ether oxygens (including phenoxy) is 3. The maximum absolute atomic E-state index is 13.4. The van der Waals surface area contributed by atoms with Crippen molar-refractivity contribution in [2.45, 2.75) is 71.1 Å². The van der Waals surface area contributed by atoms with Crippen molar-refractivity contribution in [2.75, 3.05) is 20.8 Å². The van der Waals surface area contributed by atoms with Crippen molar-refractivity contribution < 1.29 is 33.4 Å². The summed E-state index contributed by atoms with van der Waals surface area (Å²) in [5, 5.41) is 0. The SMILES string of the molecule is CCOC(=O)C1=C(C(=O)OC)[C@H](C(=O)OC)[C@@]12CCCCCCCCCCC2=O. The van der Waals surface area contributed by atoms with Crippen molar-refractivity contribution >= 4 is 23.7 Å². The zero-order valence-electron chi connectivity index (χ0n) is 17.7. The smallest absolute Gasteiger partial charge is 0.335 e. The first-order chi connectivity index (χ1) is 13.9. The van der Waals surface area contributed by atoms with Crippen LogP contribution in [0.5, 0.6) is 0 Å². The molecule has 1 fully saturated rings. The van der Waals surface area contributed by atoms with E-state index < -0.39 is 29.2 Å². The highest BCUT2D eigenvalue weighted by atomic mass is 16.5. The maximum Gasteiger partial charge on any atom is 0.335 e. The Balaban J connectivity index is 2.58. The zero-order chi connectivity index (χ0) is 21.4. The van der Waals surface area contributed by atoms with Gasteiger partial charge in [0.25, 0.3) is 0 Å². The second-order valence-electron chi connectivity index (χ2n) is 7.68. The van der Waals surface area contributed by atoms with E-state index in [1.54, 1.807) is 6.92 Å². The highest BCUT2D eigenvalue weighted by molar-refractivity contribution is 6.16. The molecule has 29 heavy (non-hydrogen) atoms. The monoisotopic (exact) mass is 408 g/mol. The molecule has 2 aliphatic rings. The Morgan fingerprint density at radius 3 is 2.03 bits per heavy atom. The lowest BCUT2D eigenvalue weighted by molar-refractivity contribution is -0.161. The van der Waals surface area contributed by atoms with Crippen LogP contribution in [0.15, 0.2) is 11.1 Å². The standard InChI is InChI=1S/C22H32O7/c1-4-29-21(26)18-16(19(24)27-2)17(20(25)28-3)22(18)14-12-10-8-6-5-7-9-11-13-15(22)23/h17H,4-14H2,1-3H3/t17-,22+/m1/s1.